The molecule has 0 saturated heterocycles. The predicted octanol–water partition coefficient (Wildman–Crippen LogP) is 1.68. The van der Waals surface area contributed by atoms with E-state index in [2.05, 4.69) is 46.5 Å². The minimum atomic E-state index is -0.199. The van der Waals surface area contributed by atoms with E-state index in [0.717, 1.165) is 5.56 Å². The summed E-state index contributed by atoms with van der Waals surface area (Å²) in [6.07, 6.45) is 2.35. The molecule has 1 unspecified atom stereocenters. The molecular formula is C16H23N5O. The van der Waals surface area contributed by atoms with Crippen LogP contribution in [0.4, 0.5) is 0 Å². The largest absolute Gasteiger partial charge is 0.354 e. The third-order valence-corrected chi connectivity index (χ3v) is 3.60. The zero-order valence-electron chi connectivity index (χ0n) is 13.0. The summed E-state index contributed by atoms with van der Waals surface area (Å²) in [7, 11) is 0. The molecule has 1 heterocycles. The molecule has 6 nitrogen and oxygen atoms in total. The van der Waals surface area contributed by atoms with Crippen molar-refractivity contribution in [2.75, 3.05) is 6.54 Å². The van der Waals surface area contributed by atoms with Crippen molar-refractivity contribution in [3.8, 4) is 0 Å². The molecule has 2 rings (SSSR count). The van der Waals surface area contributed by atoms with Crippen LogP contribution in [0.5, 0.6) is 0 Å². The van der Waals surface area contributed by atoms with E-state index in [0.29, 0.717) is 31.1 Å². The minimum Gasteiger partial charge on any atom is -0.354 e. The van der Waals surface area contributed by atoms with E-state index in [1.165, 1.54) is 11.9 Å². The predicted molar refractivity (Wildman–Crippen MR) is 85.2 cm³/mol. The molecule has 0 bridgehead atoms. The molecule has 2 aromatic rings. The number of aromatic amines is 1. The Hall–Kier alpha value is -2.21. The Morgan fingerprint density at radius 1 is 1.27 bits per heavy atom. The van der Waals surface area contributed by atoms with Gasteiger partial charge in [0.05, 0.1) is 0 Å². The van der Waals surface area contributed by atoms with Gasteiger partial charge >= 0.3 is 0 Å². The number of nitrogens with two attached hydrogens (primary N) is 1. The van der Waals surface area contributed by atoms with Crippen LogP contribution in [0.1, 0.15) is 49.2 Å². The van der Waals surface area contributed by atoms with Gasteiger partial charge in [-0.25, -0.2) is 4.98 Å². The molecule has 0 saturated carbocycles. The van der Waals surface area contributed by atoms with Gasteiger partial charge in [0.1, 0.15) is 12.2 Å². The van der Waals surface area contributed by atoms with E-state index in [1.54, 1.807) is 0 Å². The molecular weight excluding hydrogens is 278 g/mol. The first-order valence-corrected chi connectivity index (χ1v) is 7.52. The van der Waals surface area contributed by atoms with Gasteiger partial charge in [-0.05, 0) is 17.0 Å². The molecule has 0 radical (unpaired) electrons. The summed E-state index contributed by atoms with van der Waals surface area (Å²) in [4.78, 5) is 15.8. The second-order valence-electron chi connectivity index (χ2n) is 5.66. The summed E-state index contributed by atoms with van der Waals surface area (Å²) >= 11 is 0. The highest BCUT2D eigenvalue weighted by atomic mass is 16.1. The Labute approximate surface area is 130 Å². The number of carbonyl (C=O) groups is 1. The van der Waals surface area contributed by atoms with Crippen molar-refractivity contribution in [3.63, 3.8) is 0 Å². The molecule has 22 heavy (non-hydrogen) atoms. The molecule has 118 valence electrons. The lowest BCUT2D eigenvalue weighted by Crippen LogP contribution is -2.32. The lowest BCUT2D eigenvalue weighted by Gasteiger charge is -2.14. The number of nitrogens with one attached hydrogen (secondary N) is 2. The van der Waals surface area contributed by atoms with Crippen molar-refractivity contribution in [3.05, 3.63) is 47.5 Å². The van der Waals surface area contributed by atoms with Crippen LogP contribution in [0.25, 0.3) is 0 Å². The van der Waals surface area contributed by atoms with Crippen molar-refractivity contribution in [1.29, 1.82) is 0 Å². The van der Waals surface area contributed by atoms with Crippen LogP contribution in [0.15, 0.2) is 30.6 Å². The molecule has 4 N–H and O–H groups in total. The molecule has 0 spiro atoms. The highest BCUT2D eigenvalue weighted by Crippen LogP contribution is 2.17. The molecule has 1 aromatic heterocycles. The average Bonchev–Trinajstić information content (AvgIpc) is 3.04. The molecule has 0 aliphatic carbocycles. The second-order valence-corrected chi connectivity index (χ2v) is 5.66. The van der Waals surface area contributed by atoms with E-state index in [-0.39, 0.29) is 11.9 Å². The Bertz CT molecular complexity index is 577. The van der Waals surface area contributed by atoms with Gasteiger partial charge in [-0.1, -0.05) is 38.1 Å². The number of carbonyl (C=O) groups excluding carboxylic acids is 1. The number of hydrogen-bond acceptors (Lipinski definition) is 4. The third kappa shape index (κ3) is 4.66. The van der Waals surface area contributed by atoms with Gasteiger partial charge in [-0.2, -0.15) is 5.10 Å². The first kappa shape index (κ1) is 16.2. The van der Waals surface area contributed by atoms with Gasteiger partial charge in [-0.15, -0.1) is 0 Å². The van der Waals surface area contributed by atoms with Crippen LogP contribution < -0.4 is 11.1 Å². The number of benzene rings is 1. The smallest absolute Gasteiger partial charge is 0.220 e. The number of rotatable bonds is 7. The summed E-state index contributed by atoms with van der Waals surface area (Å²) in [6, 6.07) is 8.04. The van der Waals surface area contributed by atoms with Crippen molar-refractivity contribution >= 4 is 5.91 Å². The lowest BCUT2D eigenvalue weighted by molar-refractivity contribution is -0.121. The zero-order valence-corrected chi connectivity index (χ0v) is 13.0. The molecule has 0 fully saturated rings. The van der Waals surface area contributed by atoms with E-state index in [1.807, 2.05) is 12.1 Å². The normalized spacial score (nSPS) is 12.4. The summed E-state index contributed by atoms with van der Waals surface area (Å²) in [5.74, 6) is 1.18. The molecule has 0 aliphatic rings. The fourth-order valence-electron chi connectivity index (χ4n) is 2.14. The minimum absolute atomic E-state index is 0.0364. The highest BCUT2D eigenvalue weighted by molar-refractivity contribution is 5.76. The number of aryl methyl sites for hydroxylation is 1. The lowest BCUT2D eigenvalue weighted by atomic mass is 9.99. The van der Waals surface area contributed by atoms with Gasteiger partial charge in [0.2, 0.25) is 5.91 Å². The summed E-state index contributed by atoms with van der Waals surface area (Å²) in [6.45, 7) is 4.74. The van der Waals surface area contributed by atoms with E-state index < -0.39 is 0 Å². The maximum Gasteiger partial charge on any atom is 0.220 e. The van der Waals surface area contributed by atoms with Crippen LogP contribution >= 0.6 is 0 Å². The zero-order chi connectivity index (χ0) is 15.9. The van der Waals surface area contributed by atoms with Crippen LogP contribution in [0, 0.1) is 0 Å². The number of aromatic nitrogens is 3. The Morgan fingerprint density at radius 2 is 1.95 bits per heavy atom. The van der Waals surface area contributed by atoms with Crippen molar-refractivity contribution in [2.45, 2.75) is 38.6 Å². The van der Waals surface area contributed by atoms with Gasteiger partial charge < -0.3 is 11.1 Å². The van der Waals surface area contributed by atoms with Crippen molar-refractivity contribution in [2.24, 2.45) is 5.73 Å². The van der Waals surface area contributed by atoms with E-state index >= 15 is 0 Å². The monoisotopic (exact) mass is 301 g/mol. The number of nitrogens with zero attached hydrogens (tertiary/aromatic N) is 2. The van der Waals surface area contributed by atoms with Crippen LogP contribution in [0.2, 0.25) is 0 Å². The molecule has 1 atom stereocenters. The fourth-order valence-corrected chi connectivity index (χ4v) is 2.14. The van der Waals surface area contributed by atoms with Crippen LogP contribution in [0.3, 0.4) is 0 Å². The Balaban J connectivity index is 1.76. The molecule has 0 aliphatic heterocycles. The van der Waals surface area contributed by atoms with Crippen molar-refractivity contribution < 1.29 is 4.79 Å². The van der Waals surface area contributed by atoms with Gasteiger partial charge in [-0.3, -0.25) is 9.89 Å². The Morgan fingerprint density at radius 3 is 2.55 bits per heavy atom. The van der Waals surface area contributed by atoms with E-state index in [9.17, 15) is 4.79 Å². The quantitative estimate of drug-likeness (QED) is 0.725. The number of hydrogen-bond donors (Lipinski definition) is 3. The van der Waals surface area contributed by atoms with Crippen LogP contribution in [-0.2, 0) is 11.2 Å². The van der Waals surface area contributed by atoms with Gasteiger partial charge in [0.15, 0.2) is 0 Å². The molecule has 1 aromatic carbocycles. The maximum atomic E-state index is 11.8. The summed E-state index contributed by atoms with van der Waals surface area (Å²) in [5, 5.41) is 9.33. The fraction of sp³-hybridized carbons (Fsp3) is 0.438. The second kappa shape index (κ2) is 7.70. The summed E-state index contributed by atoms with van der Waals surface area (Å²) in [5.41, 5.74) is 8.43. The molecule has 6 heteroatoms. The van der Waals surface area contributed by atoms with Crippen molar-refractivity contribution in [1.82, 2.24) is 20.5 Å². The summed E-state index contributed by atoms with van der Waals surface area (Å²) < 4.78 is 0. The highest BCUT2D eigenvalue weighted by Gasteiger charge is 2.09. The van der Waals surface area contributed by atoms with Gasteiger partial charge in [0, 0.05) is 25.4 Å². The standard InChI is InChI=1S/C16H23N5O/c1-11(2)12-3-5-13(6-4-12)14(17)9-18-16(22)8-7-15-19-10-20-21-15/h3-6,10-11,14H,7-9,17H2,1-2H3,(H,18,22)(H,19,20,21). The van der Waals surface area contributed by atoms with E-state index in [4.69, 9.17) is 5.73 Å². The average molecular weight is 301 g/mol. The first-order chi connectivity index (χ1) is 10.6. The third-order valence-electron chi connectivity index (χ3n) is 3.60. The first-order valence-electron chi connectivity index (χ1n) is 7.52. The SMILES string of the molecule is CC(C)c1ccc(C(N)CNC(=O)CCc2ncn[nH]2)cc1. The maximum absolute atomic E-state index is 11.8. The number of H-pyrrole nitrogens is 1. The van der Waals surface area contributed by atoms with Gasteiger partial charge in [0.25, 0.3) is 0 Å². The van der Waals surface area contributed by atoms with Crippen LogP contribution in [-0.4, -0.2) is 27.6 Å². The topological polar surface area (TPSA) is 96.7 Å². The number of amides is 1. The Kier molecular flexibility index (Phi) is 5.66. The molecule has 1 amide bonds.